The topological polar surface area (TPSA) is 177 Å². The number of amides is 4. The molecule has 198 valence electrons. The van der Waals surface area contributed by atoms with E-state index in [9.17, 15) is 19.2 Å². The number of aliphatic carboxylic acids is 1. The molecular formula is C25H27N7O6. The minimum atomic E-state index is -1.25. The number of nitrogens with zero attached hydrogens (tertiary/aromatic N) is 5. The summed E-state index contributed by atoms with van der Waals surface area (Å²) in [4.78, 5) is 53.8. The van der Waals surface area contributed by atoms with Crippen LogP contribution in [0.2, 0.25) is 0 Å². The van der Waals surface area contributed by atoms with Crippen molar-refractivity contribution in [3.8, 4) is 0 Å². The number of carboxylic acids is 1. The second-order valence-electron chi connectivity index (χ2n) is 8.30. The molecule has 0 aliphatic carbocycles. The molecule has 4 amide bonds. The molecule has 1 atom stereocenters. The fraction of sp³-hybridized carbons (Fsp3) is 0.280. The number of carbonyl (C=O) groups is 4. The first-order chi connectivity index (χ1) is 18.3. The third kappa shape index (κ3) is 7.73. The molecule has 1 unspecified atom stereocenters. The van der Waals surface area contributed by atoms with Crippen LogP contribution < -0.4 is 10.6 Å². The number of nitrogens with one attached hydrogen (secondary N) is 2. The predicted molar refractivity (Wildman–Crippen MR) is 135 cm³/mol. The summed E-state index contributed by atoms with van der Waals surface area (Å²) >= 11 is 0. The minimum Gasteiger partial charge on any atom is -0.480 e. The number of hydrogen-bond donors (Lipinski definition) is 3. The van der Waals surface area contributed by atoms with Crippen LogP contribution in [-0.4, -0.2) is 71.3 Å². The lowest BCUT2D eigenvalue weighted by atomic mass is 10.0. The van der Waals surface area contributed by atoms with Crippen LogP contribution >= 0.6 is 0 Å². The van der Waals surface area contributed by atoms with Crippen LogP contribution in [0.5, 0.6) is 0 Å². The Kier molecular flexibility index (Phi) is 9.66. The summed E-state index contributed by atoms with van der Waals surface area (Å²) in [6.07, 6.45) is -0.954. The maximum Gasteiger partial charge on any atom is 0.409 e. The molecule has 3 rings (SSSR count). The first-order valence-corrected chi connectivity index (χ1v) is 11.6. The lowest BCUT2D eigenvalue weighted by Gasteiger charge is -2.32. The number of ether oxygens (including phenoxy) is 1. The Morgan fingerprint density at radius 2 is 1.76 bits per heavy atom. The molecule has 0 saturated heterocycles. The molecule has 0 radical (unpaired) electrons. The van der Waals surface area contributed by atoms with E-state index in [0.717, 1.165) is 20.9 Å². The van der Waals surface area contributed by atoms with Crippen LogP contribution in [0, 0.1) is 0 Å². The molecular weight excluding hydrogens is 494 g/mol. The number of urea groups is 1. The van der Waals surface area contributed by atoms with Crippen molar-refractivity contribution in [2.24, 2.45) is 5.11 Å². The van der Waals surface area contributed by atoms with Gasteiger partial charge in [-0.3, -0.25) is 19.8 Å². The third-order valence-corrected chi connectivity index (χ3v) is 5.55. The fourth-order valence-corrected chi connectivity index (χ4v) is 3.72. The Morgan fingerprint density at radius 3 is 2.32 bits per heavy atom. The number of alkyl carbamates (subject to hydrolysis) is 1. The molecule has 1 aliphatic rings. The van der Waals surface area contributed by atoms with Gasteiger partial charge in [0.2, 0.25) is 5.91 Å². The molecule has 0 aromatic heterocycles. The maximum atomic E-state index is 12.8. The van der Waals surface area contributed by atoms with Crippen molar-refractivity contribution in [1.29, 1.82) is 0 Å². The van der Waals surface area contributed by atoms with Gasteiger partial charge in [-0.25, -0.2) is 9.59 Å². The first-order valence-electron chi connectivity index (χ1n) is 11.6. The molecule has 0 spiro atoms. The summed E-state index contributed by atoms with van der Waals surface area (Å²) in [7, 11) is 0. The third-order valence-electron chi connectivity index (χ3n) is 5.55. The van der Waals surface area contributed by atoms with E-state index < -0.39 is 49.4 Å². The van der Waals surface area contributed by atoms with E-state index in [-0.39, 0.29) is 13.1 Å². The zero-order valence-corrected chi connectivity index (χ0v) is 20.6. The monoisotopic (exact) mass is 521 g/mol. The van der Waals surface area contributed by atoms with Gasteiger partial charge in [0.1, 0.15) is 19.3 Å². The van der Waals surface area contributed by atoms with Gasteiger partial charge in [0, 0.05) is 24.2 Å². The van der Waals surface area contributed by atoms with Crippen LogP contribution in [0.4, 0.5) is 9.59 Å². The molecule has 0 bridgehead atoms. The van der Waals surface area contributed by atoms with Gasteiger partial charge in [0.05, 0.1) is 0 Å². The number of carbonyl (C=O) groups excluding carboxylic acids is 3. The summed E-state index contributed by atoms with van der Waals surface area (Å²) in [5, 5.41) is 17.6. The number of benzene rings is 2. The molecule has 38 heavy (non-hydrogen) atoms. The maximum absolute atomic E-state index is 12.8. The van der Waals surface area contributed by atoms with Crippen LogP contribution in [0.3, 0.4) is 0 Å². The highest BCUT2D eigenvalue weighted by Gasteiger charge is 2.30. The standard InChI is InChI=1S/C25H27N7O6/c1-17-14-32(15-20(33)31(16-21(34)35)13-12-27-30-26)24(36)28-23(17)29-25(37)38-22(18-8-4-2-5-9-18)19-10-6-3-7-11-19/h2-11,14,22-23H,12-13,15-16H2,1H3,(H,28,36)(H,29,37)(H,34,35). The number of rotatable bonds is 11. The van der Waals surface area contributed by atoms with Crippen LogP contribution in [0.25, 0.3) is 10.4 Å². The molecule has 1 aliphatic heterocycles. The molecule has 0 fully saturated rings. The van der Waals surface area contributed by atoms with Crippen molar-refractivity contribution in [3.05, 3.63) is 94.0 Å². The van der Waals surface area contributed by atoms with E-state index in [4.69, 9.17) is 15.4 Å². The van der Waals surface area contributed by atoms with Crippen molar-refractivity contribution in [2.75, 3.05) is 26.2 Å². The van der Waals surface area contributed by atoms with Gasteiger partial charge in [0.15, 0.2) is 6.10 Å². The number of hydrogen-bond acceptors (Lipinski definition) is 6. The van der Waals surface area contributed by atoms with Crippen molar-refractivity contribution >= 4 is 24.0 Å². The van der Waals surface area contributed by atoms with Crippen molar-refractivity contribution in [1.82, 2.24) is 20.4 Å². The van der Waals surface area contributed by atoms with Crippen molar-refractivity contribution in [2.45, 2.75) is 19.2 Å². The smallest absolute Gasteiger partial charge is 0.409 e. The van der Waals surface area contributed by atoms with Gasteiger partial charge in [0.25, 0.3) is 0 Å². The Hall–Kier alpha value is -5.03. The Bertz CT molecular complexity index is 1190. The first kappa shape index (κ1) is 27.6. The highest BCUT2D eigenvalue weighted by Crippen LogP contribution is 2.26. The average Bonchev–Trinajstić information content (AvgIpc) is 2.90. The number of carboxylic acid groups (broad SMARTS) is 1. The molecule has 1 heterocycles. The van der Waals surface area contributed by atoms with E-state index in [1.54, 1.807) is 6.92 Å². The van der Waals surface area contributed by atoms with Gasteiger partial charge in [-0.05, 0) is 29.2 Å². The SMILES string of the molecule is CC1=CN(CC(=O)N(CCN=[N+]=[N-])CC(=O)O)C(=O)NC1NC(=O)OC(c1ccccc1)c1ccccc1. The second-order valence-corrected chi connectivity index (χ2v) is 8.30. The summed E-state index contributed by atoms with van der Waals surface area (Å²) in [6, 6.07) is 17.8. The predicted octanol–water partition coefficient (Wildman–Crippen LogP) is 2.98. The van der Waals surface area contributed by atoms with E-state index in [1.807, 2.05) is 60.7 Å². The van der Waals surface area contributed by atoms with Crippen LogP contribution in [0.1, 0.15) is 24.2 Å². The molecule has 2 aromatic carbocycles. The van der Waals surface area contributed by atoms with Gasteiger partial charge in [-0.15, -0.1) is 0 Å². The second kappa shape index (κ2) is 13.3. The largest absolute Gasteiger partial charge is 0.480 e. The molecule has 13 heteroatoms. The van der Waals surface area contributed by atoms with E-state index in [1.165, 1.54) is 6.20 Å². The van der Waals surface area contributed by atoms with Gasteiger partial charge in [-0.1, -0.05) is 65.8 Å². The molecule has 2 aromatic rings. The fourth-order valence-electron chi connectivity index (χ4n) is 3.72. The van der Waals surface area contributed by atoms with E-state index in [2.05, 4.69) is 20.7 Å². The highest BCUT2D eigenvalue weighted by atomic mass is 16.6. The summed E-state index contributed by atoms with van der Waals surface area (Å²) in [6.45, 7) is 0.349. The lowest BCUT2D eigenvalue weighted by molar-refractivity contribution is -0.144. The summed E-state index contributed by atoms with van der Waals surface area (Å²) in [5.41, 5.74) is 10.4. The van der Waals surface area contributed by atoms with Crippen molar-refractivity contribution < 1.29 is 29.0 Å². The van der Waals surface area contributed by atoms with Crippen LogP contribution in [-0.2, 0) is 14.3 Å². The van der Waals surface area contributed by atoms with Gasteiger partial charge < -0.3 is 20.1 Å². The van der Waals surface area contributed by atoms with Gasteiger partial charge in [-0.2, -0.15) is 0 Å². The molecule has 13 nitrogen and oxygen atoms in total. The molecule has 0 saturated carbocycles. The van der Waals surface area contributed by atoms with Crippen LogP contribution in [0.15, 0.2) is 77.6 Å². The highest BCUT2D eigenvalue weighted by molar-refractivity contribution is 5.88. The average molecular weight is 522 g/mol. The Balaban J connectivity index is 1.66. The van der Waals surface area contributed by atoms with Gasteiger partial charge >= 0.3 is 18.1 Å². The lowest BCUT2D eigenvalue weighted by Crippen LogP contribution is -2.57. The Morgan fingerprint density at radius 1 is 1.16 bits per heavy atom. The Labute approximate surface area is 218 Å². The zero-order valence-electron chi connectivity index (χ0n) is 20.6. The molecule has 3 N–H and O–H groups in total. The number of azide groups is 1. The quantitative estimate of drug-likeness (QED) is 0.232. The van der Waals surface area contributed by atoms with E-state index in [0.29, 0.717) is 5.57 Å². The normalized spacial score (nSPS) is 14.6. The van der Waals surface area contributed by atoms with Crippen molar-refractivity contribution in [3.63, 3.8) is 0 Å². The van der Waals surface area contributed by atoms with E-state index >= 15 is 0 Å². The minimum absolute atomic E-state index is 0.113. The summed E-state index contributed by atoms with van der Waals surface area (Å²) < 4.78 is 5.72. The summed E-state index contributed by atoms with van der Waals surface area (Å²) in [5.74, 6) is -1.90. The zero-order chi connectivity index (χ0) is 27.5.